The lowest BCUT2D eigenvalue weighted by molar-refractivity contribution is 0.00578. The van der Waals surface area contributed by atoms with Crippen LogP contribution in [0.5, 0.6) is 0 Å². The van der Waals surface area contributed by atoms with Crippen LogP contribution in [0.15, 0.2) is 128 Å². The predicted octanol–water partition coefficient (Wildman–Crippen LogP) is 6.89. The number of aromatic nitrogens is 9. The molecule has 1 saturated heterocycles. The Morgan fingerprint density at radius 2 is 0.871 bits per heavy atom. The third kappa shape index (κ3) is 11.3. The lowest BCUT2D eigenvalue weighted by Gasteiger charge is -2.32. The third-order valence-corrected chi connectivity index (χ3v) is 11.2. The van der Waals surface area contributed by atoms with Crippen molar-refractivity contribution in [1.82, 2.24) is 44.9 Å². The summed E-state index contributed by atoms with van der Waals surface area (Å²) in [5.41, 5.74) is 23.9. The fourth-order valence-corrected chi connectivity index (χ4v) is 6.74. The number of pyridine rings is 3. The summed E-state index contributed by atoms with van der Waals surface area (Å²) in [6.45, 7) is 7.87. The average Bonchev–Trinajstić information content (AvgIpc) is 3.58. The van der Waals surface area contributed by atoms with E-state index in [1.54, 1.807) is 91.0 Å². The van der Waals surface area contributed by atoms with Crippen molar-refractivity contribution in [2.45, 2.75) is 38.9 Å². The number of nitrogens with zero attached hydrogens (tertiary/aromatic N) is 9. The first kappa shape index (κ1) is 49.1. The van der Waals surface area contributed by atoms with E-state index in [2.05, 4.69) is 44.9 Å². The van der Waals surface area contributed by atoms with Gasteiger partial charge in [0.25, 0.3) is 0 Å². The Balaban J connectivity index is 0.000000140. The number of carboxylic acid groups (broad SMARTS) is 3. The molecule has 1 aliphatic heterocycles. The van der Waals surface area contributed by atoms with Gasteiger partial charge < -0.3 is 41.8 Å². The van der Waals surface area contributed by atoms with Crippen LogP contribution in [0.25, 0.3) is 55.6 Å². The van der Waals surface area contributed by atoms with Crippen LogP contribution in [0, 0.1) is 0 Å². The molecule has 352 valence electrons. The molecule has 0 radical (unpaired) electrons. The maximum absolute atomic E-state index is 11.0. The lowest BCUT2D eigenvalue weighted by atomic mass is 9.78. The van der Waals surface area contributed by atoms with Gasteiger partial charge in [0.15, 0.2) is 17.5 Å². The molecule has 70 heavy (non-hydrogen) atoms. The Hall–Kier alpha value is -8.79. The minimum Gasteiger partial charge on any atom is -0.478 e. The molecule has 1 aliphatic rings. The molecule has 7 heterocycles. The summed E-state index contributed by atoms with van der Waals surface area (Å²) in [6.07, 6.45) is 4.15. The van der Waals surface area contributed by atoms with E-state index in [-0.39, 0.29) is 16.7 Å². The van der Waals surface area contributed by atoms with E-state index in [1.807, 2.05) is 33.8 Å². The van der Waals surface area contributed by atoms with Gasteiger partial charge in [-0.15, -0.1) is 0 Å². The van der Waals surface area contributed by atoms with Crippen molar-refractivity contribution < 1.29 is 39.0 Å². The van der Waals surface area contributed by atoms with Gasteiger partial charge in [0.1, 0.15) is 40.7 Å². The fourth-order valence-electron chi connectivity index (χ4n) is 6.59. The summed E-state index contributed by atoms with van der Waals surface area (Å²) in [6, 6.07) is 30.3. The maximum atomic E-state index is 11.0. The summed E-state index contributed by atoms with van der Waals surface area (Å²) in [5, 5.41) is 27.4. The van der Waals surface area contributed by atoms with E-state index in [1.165, 1.54) is 31.1 Å². The molecule has 20 nitrogen and oxygen atoms in total. The molecule has 22 heteroatoms. The second-order valence-electron chi connectivity index (χ2n) is 16.2. The molecular weight excluding hydrogens is 919 g/mol. The largest absolute Gasteiger partial charge is 0.494 e. The van der Waals surface area contributed by atoms with Crippen LogP contribution in [0.1, 0.15) is 58.8 Å². The molecule has 0 amide bonds. The van der Waals surface area contributed by atoms with Crippen molar-refractivity contribution in [2.75, 3.05) is 17.2 Å². The monoisotopic (exact) mass is 960 g/mol. The molecule has 0 bridgehead atoms. The highest BCUT2D eigenvalue weighted by atomic mass is 35.5. The number of carboxylic acids is 3. The number of hydrogen-bond donors (Lipinski definition) is 6. The van der Waals surface area contributed by atoms with Gasteiger partial charge in [-0.05, 0) is 106 Å². The van der Waals surface area contributed by atoms with Gasteiger partial charge in [-0.1, -0.05) is 48.0 Å². The summed E-state index contributed by atoms with van der Waals surface area (Å²) in [4.78, 5) is 69.4. The molecule has 1 fully saturated rings. The van der Waals surface area contributed by atoms with E-state index >= 15 is 0 Å². The smallest absolute Gasteiger partial charge is 0.478 e. The first-order valence-electron chi connectivity index (χ1n) is 20.9. The van der Waals surface area contributed by atoms with Crippen LogP contribution < -0.4 is 22.7 Å². The van der Waals surface area contributed by atoms with Gasteiger partial charge in [0.05, 0.1) is 55.8 Å². The van der Waals surface area contributed by atoms with Crippen LogP contribution in [0.3, 0.4) is 0 Å². The third-order valence-electron chi connectivity index (χ3n) is 11.0. The molecule has 10 rings (SSSR count). The standard InChI is InChI=1S/2C14H10N4O2.C13H17BO4.C7H5ClN4/c2*15-13-12-11(16-7-17-13)5-4-10(18-12)8-2-1-3-9(6-8)14(19)20;1-12(2)13(3,4)18-14(17-12)10-7-5-6-9(8-10)11(15)16;8-5-2-1-4-6(12-5)7(9)11-3-10-4/h2*1-7H,(H,19,20)(H2,15,16,17);5-8H,1-4H3,(H,15,16);1-3H,(H2,9,10,11). The zero-order chi connectivity index (χ0) is 50.3. The SMILES string of the molecule is CC1(C)OB(c2cccc(C(=O)O)c2)OC1(C)C.Nc1ncnc2ccc(-c3cccc(C(=O)O)c3)nc12.Nc1ncnc2ccc(-c3cccc(C(=O)O)c3)nc12.Nc1ncnc2ccc(Cl)nc12. The highest BCUT2D eigenvalue weighted by Crippen LogP contribution is 2.36. The van der Waals surface area contributed by atoms with E-state index in [0.29, 0.717) is 78.2 Å². The van der Waals surface area contributed by atoms with Crippen molar-refractivity contribution in [2.24, 2.45) is 0 Å². The number of rotatable bonds is 6. The number of halogens is 1. The second-order valence-corrected chi connectivity index (χ2v) is 16.6. The normalized spacial score (nSPS) is 13.2. The molecule has 0 aliphatic carbocycles. The number of benzene rings is 3. The van der Waals surface area contributed by atoms with Gasteiger partial charge in [0.2, 0.25) is 0 Å². The number of hydrogen-bond acceptors (Lipinski definition) is 17. The molecular formula is C48H42BClN12O8. The lowest BCUT2D eigenvalue weighted by Crippen LogP contribution is -2.41. The van der Waals surface area contributed by atoms with Crippen molar-refractivity contribution in [3.8, 4) is 22.5 Å². The highest BCUT2D eigenvalue weighted by molar-refractivity contribution is 6.62. The Morgan fingerprint density at radius 1 is 0.500 bits per heavy atom. The van der Waals surface area contributed by atoms with Gasteiger partial charge in [-0.3, -0.25) is 0 Å². The summed E-state index contributed by atoms with van der Waals surface area (Å²) >= 11 is 5.67. The van der Waals surface area contributed by atoms with Gasteiger partial charge in [-0.2, -0.15) is 0 Å². The Labute approximate surface area is 403 Å². The quantitative estimate of drug-likeness (QED) is 0.0729. The van der Waals surface area contributed by atoms with Crippen LogP contribution >= 0.6 is 11.6 Å². The van der Waals surface area contributed by atoms with Gasteiger partial charge in [0, 0.05) is 11.1 Å². The van der Waals surface area contributed by atoms with Gasteiger partial charge >= 0.3 is 25.0 Å². The van der Waals surface area contributed by atoms with E-state index < -0.39 is 36.2 Å². The number of aromatic carboxylic acids is 3. The number of nitrogens with two attached hydrogens (primary N) is 3. The average molecular weight is 961 g/mol. The molecule has 3 aromatic carbocycles. The van der Waals surface area contributed by atoms with Crippen molar-refractivity contribution in [1.29, 1.82) is 0 Å². The van der Waals surface area contributed by atoms with E-state index in [4.69, 9.17) is 53.4 Å². The zero-order valence-electron chi connectivity index (χ0n) is 37.7. The Morgan fingerprint density at radius 3 is 1.29 bits per heavy atom. The molecule has 9 N–H and O–H groups in total. The van der Waals surface area contributed by atoms with E-state index in [0.717, 1.165) is 5.46 Å². The first-order valence-corrected chi connectivity index (χ1v) is 21.3. The molecule has 0 saturated carbocycles. The number of fused-ring (bicyclic) bond motifs is 3. The molecule has 0 spiro atoms. The zero-order valence-corrected chi connectivity index (χ0v) is 38.5. The minimum atomic E-state index is -0.976. The van der Waals surface area contributed by atoms with Crippen molar-refractivity contribution in [3.63, 3.8) is 0 Å². The summed E-state index contributed by atoms with van der Waals surface area (Å²) < 4.78 is 11.7. The number of carbonyl (C=O) groups is 3. The van der Waals surface area contributed by atoms with Crippen LogP contribution in [0.2, 0.25) is 5.15 Å². The highest BCUT2D eigenvalue weighted by Gasteiger charge is 2.51. The summed E-state index contributed by atoms with van der Waals surface area (Å²) in [5.74, 6) is -1.96. The fraction of sp³-hybridized carbons (Fsp3) is 0.125. The topological polar surface area (TPSA) is 324 Å². The predicted molar refractivity (Wildman–Crippen MR) is 264 cm³/mol. The Bertz CT molecular complexity index is 3290. The first-order chi connectivity index (χ1) is 33.3. The molecule has 6 aromatic heterocycles. The second kappa shape index (κ2) is 20.6. The molecule has 0 unspecified atom stereocenters. The van der Waals surface area contributed by atoms with Gasteiger partial charge in [-0.25, -0.2) is 59.2 Å². The maximum Gasteiger partial charge on any atom is 0.494 e. The number of anilines is 3. The minimum absolute atomic E-state index is 0.210. The van der Waals surface area contributed by atoms with E-state index in [9.17, 15) is 14.4 Å². The molecule has 0 atom stereocenters. The number of nitrogen functional groups attached to an aromatic ring is 3. The van der Waals surface area contributed by atoms with Crippen LogP contribution in [-0.2, 0) is 9.31 Å². The van der Waals surface area contributed by atoms with Crippen LogP contribution in [-0.4, -0.2) is 96.4 Å². The van der Waals surface area contributed by atoms with Crippen molar-refractivity contribution in [3.05, 3.63) is 150 Å². The summed E-state index contributed by atoms with van der Waals surface area (Å²) in [7, 11) is -0.519. The Kier molecular flexibility index (Phi) is 14.5. The van der Waals surface area contributed by atoms with Crippen molar-refractivity contribution >= 4 is 92.6 Å². The molecule has 9 aromatic rings. The van der Waals surface area contributed by atoms with Crippen LogP contribution in [0.4, 0.5) is 17.5 Å².